The molecule has 0 bridgehead atoms. The molecule has 1 aliphatic heterocycles. The molecule has 162 valence electrons. The van der Waals surface area contributed by atoms with Crippen molar-refractivity contribution < 1.29 is 9.18 Å². The molecule has 1 saturated heterocycles. The lowest BCUT2D eigenvalue weighted by molar-refractivity contribution is -0.117. The lowest BCUT2D eigenvalue weighted by Gasteiger charge is -2.17. The number of para-hydroxylation sites is 2. The molecule has 0 spiro atoms. The number of hydrogen-bond acceptors (Lipinski definition) is 2. The number of nitrogens with zero attached hydrogens (tertiary/aromatic N) is 3. The van der Waals surface area contributed by atoms with Gasteiger partial charge in [0, 0.05) is 31.1 Å². The molecule has 4 nitrogen and oxygen atoms in total. The number of imidazole rings is 1. The van der Waals surface area contributed by atoms with Gasteiger partial charge in [-0.2, -0.15) is 0 Å². The van der Waals surface area contributed by atoms with E-state index in [2.05, 4.69) is 48.7 Å². The van der Waals surface area contributed by atoms with Crippen molar-refractivity contribution in [3.05, 3.63) is 95.6 Å². The predicted octanol–water partition coefficient (Wildman–Crippen LogP) is 5.87. The van der Waals surface area contributed by atoms with Gasteiger partial charge in [0.2, 0.25) is 5.91 Å². The molecular weight excluding hydrogens is 401 g/mol. The lowest BCUT2D eigenvalue weighted by atomic mass is 10.0. The second-order valence-corrected chi connectivity index (χ2v) is 8.82. The van der Waals surface area contributed by atoms with Gasteiger partial charge in [0.05, 0.1) is 11.0 Å². The van der Waals surface area contributed by atoms with E-state index in [1.165, 1.54) is 23.3 Å². The van der Waals surface area contributed by atoms with Crippen molar-refractivity contribution in [2.45, 2.75) is 38.6 Å². The molecule has 0 aliphatic carbocycles. The van der Waals surface area contributed by atoms with Gasteiger partial charge in [-0.15, -0.1) is 0 Å². The Balaban J connectivity index is 1.49. The number of benzene rings is 3. The van der Waals surface area contributed by atoms with Crippen LogP contribution in [0.3, 0.4) is 0 Å². The number of anilines is 1. The first kappa shape index (κ1) is 20.4. The molecule has 0 N–H and O–H groups in total. The summed E-state index contributed by atoms with van der Waals surface area (Å²) >= 11 is 0. The number of rotatable bonds is 5. The average Bonchev–Trinajstić information content (AvgIpc) is 3.35. The maximum absolute atomic E-state index is 13.3. The minimum atomic E-state index is -0.303. The highest BCUT2D eigenvalue weighted by Crippen LogP contribution is 2.33. The molecule has 5 rings (SSSR count). The summed E-state index contributed by atoms with van der Waals surface area (Å²) < 4.78 is 15.6. The van der Waals surface area contributed by atoms with Crippen molar-refractivity contribution in [2.24, 2.45) is 0 Å². The standard InChI is InChI=1S/C27H26FN3O/c1-18(2)20-9-7-19(8-10-20)16-31-25-6-4-3-5-24(25)29-27(31)21-15-26(32)30(17-21)23-13-11-22(28)12-14-23/h3-14,18,21H,15-17H2,1-2H3/t21-/m0/s1. The summed E-state index contributed by atoms with van der Waals surface area (Å²) in [6.45, 7) is 5.64. The third-order valence-electron chi connectivity index (χ3n) is 6.30. The van der Waals surface area contributed by atoms with E-state index < -0.39 is 0 Å². The second kappa shape index (κ2) is 8.23. The van der Waals surface area contributed by atoms with Crippen molar-refractivity contribution >= 4 is 22.6 Å². The van der Waals surface area contributed by atoms with Crippen LogP contribution < -0.4 is 4.90 Å². The minimum Gasteiger partial charge on any atom is -0.323 e. The van der Waals surface area contributed by atoms with Crippen molar-refractivity contribution in [3.63, 3.8) is 0 Å². The van der Waals surface area contributed by atoms with E-state index in [4.69, 9.17) is 4.98 Å². The van der Waals surface area contributed by atoms with Crippen molar-refractivity contribution in [3.8, 4) is 0 Å². The maximum Gasteiger partial charge on any atom is 0.227 e. The number of carbonyl (C=O) groups excluding carboxylic acids is 1. The zero-order chi connectivity index (χ0) is 22.2. The first-order chi connectivity index (χ1) is 15.5. The third kappa shape index (κ3) is 3.79. The Kier molecular flexibility index (Phi) is 5.25. The SMILES string of the molecule is CC(C)c1ccc(Cn2c([C@H]3CC(=O)N(c4ccc(F)cc4)C3)nc3ccccc32)cc1. The van der Waals surface area contributed by atoms with E-state index in [-0.39, 0.29) is 17.6 Å². The molecule has 0 saturated carbocycles. The van der Waals surface area contributed by atoms with E-state index in [1.54, 1.807) is 17.0 Å². The minimum absolute atomic E-state index is 0.0186. The van der Waals surface area contributed by atoms with Crippen LogP contribution >= 0.6 is 0 Å². The molecule has 4 aromatic rings. The van der Waals surface area contributed by atoms with Crippen LogP contribution in [0.15, 0.2) is 72.8 Å². The molecule has 0 unspecified atom stereocenters. The second-order valence-electron chi connectivity index (χ2n) is 8.82. The van der Waals surface area contributed by atoms with Gasteiger partial charge in [0.15, 0.2) is 0 Å². The summed E-state index contributed by atoms with van der Waals surface area (Å²) in [5.41, 5.74) is 5.27. The van der Waals surface area contributed by atoms with Gasteiger partial charge in [0.1, 0.15) is 11.6 Å². The summed E-state index contributed by atoms with van der Waals surface area (Å²) in [5.74, 6) is 1.14. The molecule has 0 radical (unpaired) electrons. The highest BCUT2D eigenvalue weighted by atomic mass is 19.1. The fourth-order valence-corrected chi connectivity index (χ4v) is 4.51. The van der Waals surface area contributed by atoms with Crippen molar-refractivity contribution in [1.29, 1.82) is 0 Å². The summed E-state index contributed by atoms with van der Waals surface area (Å²) in [4.78, 5) is 19.5. The van der Waals surface area contributed by atoms with Gasteiger partial charge in [-0.05, 0) is 53.4 Å². The highest BCUT2D eigenvalue weighted by molar-refractivity contribution is 5.96. The third-order valence-corrected chi connectivity index (χ3v) is 6.30. The summed E-state index contributed by atoms with van der Waals surface area (Å²) in [7, 11) is 0. The summed E-state index contributed by atoms with van der Waals surface area (Å²) in [6, 6.07) is 23.0. The first-order valence-electron chi connectivity index (χ1n) is 11.1. The van der Waals surface area contributed by atoms with Crippen LogP contribution in [0.1, 0.15) is 49.1 Å². The van der Waals surface area contributed by atoms with E-state index >= 15 is 0 Å². The molecule has 1 fully saturated rings. The number of amides is 1. The van der Waals surface area contributed by atoms with Gasteiger partial charge >= 0.3 is 0 Å². The molecule has 1 atom stereocenters. The largest absolute Gasteiger partial charge is 0.323 e. The van der Waals surface area contributed by atoms with Gasteiger partial charge in [0.25, 0.3) is 0 Å². The van der Waals surface area contributed by atoms with Gasteiger partial charge < -0.3 is 9.47 Å². The smallest absolute Gasteiger partial charge is 0.227 e. The fraction of sp³-hybridized carbons (Fsp3) is 0.259. The molecule has 3 aromatic carbocycles. The van der Waals surface area contributed by atoms with Crippen LogP contribution in [0.2, 0.25) is 0 Å². The fourth-order valence-electron chi connectivity index (χ4n) is 4.51. The Labute approximate surface area is 187 Å². The first-order valence-corrected chi connectivity index (χ1v) is 11.1. The van der Waals surface area contributed by atoms with Gasteiger partial charge in [-0.3, -0.25) is 4.79 Å². The number of aromatic nitrogens is 2. The Bertz CT molecular complexity index is 1260. The topological polar surface area (TPSA) is 38.1 Å². The van der Waals surface area contributed by atoms with Crippen LogP contribution in [0.4, 0.5) is 10.1 Å². The van der Waals surface area contributed by atoms with Crippen molar-refractivity contribution in [2.75, 3.05) is 11.4 Å². The van der Waals surface area contributed by atoms with Gasteiger partial charge in [-0.25, -0.2) is 9.37 Å². The Morgan fingerprint density at radius 3 is 2.44 bits per heavy atom. The van der Waals surface area contributed by atoms with Gasteiger partial charge in [-0.1, -0.05) is 50.2 Å². The molecule has 5 heteroatoms. The van der Waals surface area contributed by atoms with Crippen LogP contribution in [0, 0.1) is 5.82 Å². The van der Waals surface area contributed by atoms with Crippen LogP contribution in [0.5, 0.6) is 0 Å². The number of carbonyl (C=O) groups is 1. The number of halogens is 1. The van der Waals surface area contributed by atoms with E-state index in [1.807, 2.05) is 18.2 Å². The monoisotopic (exact) mass is 427 g/mol. The van der Waals surface area contributed by atoms with E-state index in [9.17, 15) is 9.18 Å². The highest BCUT2D eigenvalue weighted by Gasteiger charge is 2.34. The molecule has 1 aliphatic rings. The normalized spacial score (nSPS) is 16.4. The Morgan fingerprint density at radius 2 is 1.72 bits per heavy atom. The Hall–Kier alpha value is -3.47. The lowest BCUT2D eigenvalue weighted by Crippen LogP contribution is -2.24. The summed E-state index contributed by atoms with van der Waals surface area (Å²) in [5, 5.41) is 0. The number of hydrogen-bond donors (Lipinski definition) is 0. The molecule has 32 heavy (non-hydrogen) atoms. The molecule has 2 heterocycles. The van der Waals surface area contributed by atoms with Crippen LogP contribution in [0.25, 0.3) is 11.0 Å². The molecular formula is C27H26FN3O. The van der Waals surface area contributed by atoms with E-state index in [0.717, 1.165) is 22.5 Å². The zero-order valence-electron chi connectivity index (χ0n) is 18.3. The predicted molar refractivity (Wildman–Crippen MR) is 125 cm³/mol. The zero-order valence-corrected chi connectivity index (χ0v) is 18.3. The Morgan fingerprint density at radius 1 is 1.00 bits per heavy atom. The quantitative estimate of drug-likeness (QED) is 0.400. The maximum atomic E-state index is 13.3. The summed E-state index contributed by atoms with van der Waals surface area (Å²) in [6.07, 6.45) is 0.396. The van der Waals surface area contributed by atoms with Crippen molar-refractivity contribution in [1.82, 2.24) is 9.55 Å². The molecule has 1 aromatic heterocycles. The van der Waals surface area contributed by atoms with E-state index in [0.29, 0.717) is 25.4 Å². The number of fused-ring (bicyclic) bond motifs is 1. The van der Waals surface area contributed by atoms with Crippen LogP contribution in [-0.4, -0.2) is 22.0 Å². The molecule has 1 amide bonds. The van der Waals surface area contributed by atoms with Crippen LogP contribution in [-0.2, 0) is 11.3 Å². The average molecular weight is 428 g/mol.